The fourth-order valence-electron chi connectivity index (χ4n) is 1.36. The van der Waals surface area contributed by atoms with Gasteiger partial charge >= 0.3 is 5.97 Å². The maximum atomic E-state index is 11.0. The standard InChI is InChI=1S/C11H18N2O3S/c1-3-6-16-7-4-5-12-10-9(11(14)15)8(2)13-17-10/h12H,3-7H2,1-2H3,(H,14,15). The molecule has 0 saturated heterocycles. The molecule has 0 aliphatic heterocycles. The maximum Gasteiger partial charge on any atom is 0.340 e. The quantitative estimate of drug-likeness (QED) is 0.700. The van der Waals surface area contributed by atoms with E-state index < -0.39 is 5.97 Å². The van der Waals surface area contributed by atoms with Crippen molar-refractivity contribution in [2.45, 2.75) is 26.7 Å². The minimum atomic E-state index is -0.930. The minimum Gasteiger partial charge on any atom is -0.478 e. The first-order valence-electron chi connectivity index (χ1n) is 5.68. The van der Waals surface area contributed by atoms with Crippen LogP contribution in [0.5, 0.6) is 0 Å². The lowest BCUT2D eigenvalue weighted by molar-refractivity contribution is 0.0697. The van der Waals surface area contributed by atoms with E-state index in [4.69, 9.17) is 9.84 Å². The Morgan fingerprint density at radius 2 is 2.29 bits per heavy atom. The number of aromatic carboxylic acids is 1. The van der Waals surface area contributed by atoms with E-state index in [0.29, 0.717) is 23.8 Å². The molecule has 0 aliphatic carbocycles. The molecule has 0 bridgehead atoms. The highest BCUT2D eigenvalue weighted by Crippen LogP contribution is 2.24. The molecule has 0 aliphatic rings. The number of hydrogen-bond acceptors (Lipinski definition) is 5. The third kappa shape index (κ3) is 4.32. The van der Waals surface area contributed by atoms with Crippen molar-refractivity contribution in [1.29, 1.82) is 0 Å². The maximum absolute atomic E-state index is 11.0. The van der Waals surface area contributed by atoms with Crippen molar-refractivity contribution >= 4 is 22.5 Å². The summed E-state index contributed by atoms with van der Waals surface area (Å²) in [6.07, 6.45) is 1.88. The van der Waals surface area contributed by atoms with E-state index in [1.807, 2.05) is 0 Å². The van der Waals surface area contributed by atoms with Crippen LogP contribution in [0.2, 0.25) is 0 Å². The lowest BCUT2D eigenvalue weighted by atomic mass is 10.2. The average molecular weight is 258 g/mol. The van der Waals surface area contributed by atoms with Crippen LogP contribution < -0.4 is 5.32 Å². The fourth-order valence-corrected chi connectivity index (χ4v) is 2.18. The molecule has 0 radical (unpaired) electrons. The Balaban J connectivity index is 2.34. The molecule has 0 fully saturated rings. The van der Waals surface area contributed by atoms with Crippen molar-refractivity contribution in [1.82, 2.24) is 4.37 Å². The summed E-state index contributed by atoms with van der Waals surface area (Å²) >= 11 is 1.19. The Bertz CT molecular complexity index is 366. The predicted octanol–water partition coefficient (Wildman–Crippen LogP) is 2.38. The summed E-state index contributed by atoms with van der Waals surface area (Å²) in [5, 5.41) is 12.7. The number of rotatable bonds is 8. The third-order valence-corrected chi connectivity index (χ3v) is 3.07. The highest BCUT2D eigenvalue weighted by atomic mass is 32.1. The Morgan fingerprint density at radius 3 is 2.94 bits per heavy atom. The second-order valence-electron chi connectivity index (χ2n) is 3.67. The van der Waals surface area contributed by atoms with E-state index >= 15 is 0 Å². The number of anilines is 1. The molecule has 0 aromatic carbocycles. The van der Waals surface area contributed by atoms with Gasteiger partial charge in [-0.3, -0.25) is 0 Å². The van der Waals surface area contributed by atoms with Crippen LogP contribution in [0.1, 0.15) is 35.8 Å². The van der Waals surface area contributed by atoms with E-state index in [1.165, 1.54) is 11.5 Å². The SMILES string of the molecule is CCCOCCCNc1snc(C)c1C(=O)O. The summed E-state index contributed by atoms with van der Waals surface area (Å²) in [7, 11) is 0. The van der Waals surface area contributed by atoms with E-state index in [1.54, 1.807) is 6.92 Å². The lowest BCUT2D eigenvalue weighted by Gasteiger charge is -2.05. The van der Waals surface area contributed by atoms with Gasteiger partial charge in [0.25, 0.3) is 0 Å². The van der Waals surface area contributed by atoms with Crippen molar-refractivity contribution in [3.05, 3.63) is 11.3 Å². The summed E-state index contributed by atoms with van der Waals surface area (Å²) in [6, 6.07) is 0. The highest BCUT2D eigenvalue weighted by Gasteiger charge is 2.16. The van der Waals surface area contributed by atoms with Crippen molar-refractivity contribution < 1.29 is 14.6 Å². The van der Waals surface area contributed by atoms with Gasteiger partial charge in [0.1, 0.15) is 10.6 Å². The number of aromatic nitrogens is 1. The summed E-state index contributed by atoms with van der Waals surface area (Å²) in [6.45, 7) is 5.94. The summed E-state index contributed by atoms with van der Waals surface area (Å²) in [4.78, 5) is 11.0. The second-order valence-corrected chi connectivity index (χ2v) is 4.44. The molecule has 0 amide bonds. The normalized spacial score (nSPS) is 10.5. The molecule has 17 heavy (non-hydrogen) atoms. The molecule has 0 saturated carbocycles. The number of hydrogen-bond donors (Lipinski definition) is 2. The van der Waals surface area contributed by atoms with Gasteiger partial charge in [-0.15, -0.1) is 0 Å². The molecule has 1 rings (SSSR count). The van der Waals surface area contributed by atoms with E-state index in [9.17, 15) is 4.79 Å². The zero-order valence-corrected chi connectivity index (χ0v) is 11.0. The number of carbonyl (C=O) groups is 1. The first-order chi connectivity index (χ1) is 8.16. The van der Waals surface area contributed by atoms with Gasteiger partial charge in [-0.05, 0) is 31.3 Å². The smallest absolute Gasteiger partial charge is 0.340 e. The third-order valence-electron chi connectivity index (χ3n) is 2.18. The topological polar surface area (TPSA) is 71.5 Å². The largest absolute Gasteiger partial charge is 0.478 e. The summed E-state index contributed by atoms with van der Waals surface area (Å²) < 4.78 is 9.37. The van der Waals surface area contributed by atoms with Gasteiger partial charge in [-0.1, -0.05) is 6.92 Å². The molecule has 5 nitrogen and oxygen atoms in total. The molecule has 1 heterocycles. The zero-order chi connectivity index (χ0) is 12.7. The monoisotopic (exact) mass is 258 g/mol. The van der Waals surface area contributed by atoms with Crippen molar-refractivity contribution in [2.75, 3.05) is 25.1 Å². The van der Waals surface area contributed by atoms with Gasteiger partial charge in [0.15, 0.2) is 0 Å². The first-order valence-corrected chi connectivity index (χ1v) is 6.45. The van der Waals surface area contributed by atoms with Crippen LogP contribution in [0.15, 0.2) is 0 Å². The number of aryl methyl sites for hydroxylation is 1. The van der Waals surface area contributed by atoms with E-state index in [0.717, 1.165) is 19.4 Å². The van der Waals surface area contributed by atoms with Crippen molar-refractivity contribution in [3.63, 3.8) is 0 Å². The van der Waals surface area contributed by atoms with Crippen LogP contribution in [0, 0.1) is 6.92 Å². The molecule has 1 aromatic heterocycles. The van der Waals surface area contributed by atoms with Crippen LogP contribution in [0.25, 0.3) is 0 Å². The Hall–Kier alpha value is -1.14. The molecular weight excluding hydrogens is 240 g/mol. The zero-order valence-electron chi connectivity index (χ0n) is 10.2. The molecule has 1 aromatic rings. The van der Waals surface area contributed by atoms with Crippen LogP contribution >= 0.6 is 11.5 Å². The van der Waals surface area contributed by atoms with E-state index in [-0.39, 0.29) is 5.56 Å². The molecule has 0 spiro atoms. The molecule has 2 N–H and O–H groups in total. The van der Waals surface area contributed by atoms with Crippen molar-refractivity contribution in [2.24, 2.45) is 0 Å². The van der Waals surface area contributed by atoms with Gasteiger partial charge in [-0.2, -0.15) is 4.37 Å². The molecule has 0 atom stereocenters. The Labute approximate surface area is 105 Å². The molecule has 6 heteroatoms. The first kappa shape index (κ1) is 13.9. The Morgan fingerprint density at radius 1 is 1.53 bits per heavy atom. The van der Waals surface area contributed by atoms with Gasteiger partial charge in [0.2, 0.25) is 0 Å². The van der Waals surface area contributed by atoms with Crippen LogP contribution in [0.3, 0.4) is 0 Å². The number of nitrogens with zero attached hydrogens (tertiary/aromatic N) is 1. The van der Waals surface area contributed by atoms with Gasteiger partial charge in [-0.25, -0.2) is 4.79 Å². The molecular formula is C11H18N2O3S. The lowest BCUT2D eigenvalue weighted by Crippen LogP contribution is -2.08. The van der Waals surface area contributed by atoms with Crippen LogP contribution in [-0.2, 0) is 4.74 Å². The van der Waals surface area contributed by atoms with Gasteiger partial charge < -0.3 is 15.2 Å². The van der Waals surface area contributed by atoms with E-state index in [2.05, 4.69) is 16.6 Å². The highest BCUT2D eigenvalue weighted by molar-refractivity contribution is 7.10. The summed E-state index contributed by atoms with van der Waals surface area (Å²) in [5.41, 5.74) is 0.844. The average Bonchev–Trinajstić information content (AvgIpc) is 2.65. The second kappa shape index (κ2) is 7.24. The minimum absolute atomic E-state index is 0.282. The molecule has 0 unspecified atom stereocenters. The number of carboxylic acids is 1. The molecule has 96 valence electrons. The predicted molar refractivity (Wildman–Crippen MR) is 68.0 cm³/mol. The van der Waals surface area contributed by atoms with Crippen LogP contribution in [0.4, 0.5) is 5.00 Å². The summed E-state index contributed by atoms with van der Waals surface area (Å²) in [5.74, 6) is -0.930. The van der Waals surface area contributed by atoms with Crippen molar-refractivity contribution in [3.8, 4) is 0 Å². The number of ether oxygens (including phenoxy) is 1. The number of carboxylic acid groups (broad SMARTS) is 1. The Kier molecular flexibility index (Phi) is 5.93. The fraction of sp³-hybridized carbons (Fsp3) is 0.636. The van der Waals surface area contributed by atoms with Gasteiger partial charge in [0, 0.05) is 19.8 Å². The van der Waals surface area contributed by atoms with Gasteiger partial charge in [0.05, 0.1) is 5.69 Å². The van der Waals surface area contributed by atoms with Crippen LogP contribution in [-0.4, -0.2) is 35.2 Å². The number of nitrogens with one attached hydrogen (secondary N) is 1.